The van der Waals surface area contributed by atoms with Gasteiger partial charge >= 0.3 is 0 Å². The molecule has 0 aliphatic carbocycles. The fraction of sp³-hybridized carbons (Fsp3) is 1.00. The van der Waals surface area contributed by atoms with Crippen LogP contribution in [0, 0.1) is 5.41 Å². The first-order valence-electron chi connectivity index (χ1n) is 8.15. The summed E-state index contributed by atoms with van der Waals surface area (Å²) in [5.74, 6) is 0. The van der Waals surface area contributed by atoms with Crippen LogP contribution in [0.1, 0.15) is 47.5 Å². The predicted molar refractivity (Wildman–Crippen MR) is 84.7 cm³/mol. The number of nitrogens with one attached hydrogen (secondary N) is 1. The summed E-state index contributed by atoms with van der Waals surface area (Å²) >= 11 is 0. The smallest absolute Gasteiger partial charge is 0.0113 e. The minimum absolute atomic E-state index is 0.383. The van der Waals surface area contributed by atoms with E-state index < -0.39 is 0 Å². The molecule has 0 amide bonds. The minimum Gasteiger partial charge on any atom is -0.316 e. The highest BCUT2D eigenvalue weighted by Crippen LogP contribution is 2.18. The fourth-order valence-corrected chi connectivity index (χ4v) is 2.89. The maximum atomic E-state index is 3.56. The van der Waals surface area contributed by atoms with Crippen LogP contribution in [0.2, 0.25) is 0 Å². The zero-order chi connectivity index (χ0) is 14.3. The lowest BCUT2D eigenvalue weighted by Crippen LogP contribution is -2.52. The molecule has 1 aliphatic heterocycles. The van der Waals surface area contributed by atoms with Gasteiger partial charge in [0.2, 0.25) is 0 Å². The second-order valence-electron chi connectivity index (χ2n) is 6.91. The highest BCUT2D eigenvalue weighted by molar-refractivity contribution is 4.81. The Balaban J connectivity index is 2.27. The second-order valence-corrected chi connectivity index (χ2v) is 6.91. The highest BCUT2D eigenvalue weighted by atomic mass is 15.3. The summed E-state index contributed by atoms with van der Waals surface area (Å²) in [5.41, 5.74) is 0.383. The van der Waals surface area contributed by atoms with Gasteiger partial charge in [0, 0.05) is 45.3 Å². The number of hydrogen-bond acceptors (Lipinski definition) is 3. The normalized spacial score (nSPS) is 20.7. The SMILES string of the molecule is CCCNCC(C)(C)CN1CCN(C(C)CC)CC1. The van der Waals surface area contributed by atoms with E-state index in [-0.39, 0.29) is 0 Å². The van der Waals surface area contributed by atoms with Crippen molar-refractivity contribution in [3.8, 4) is 0 Å². The van der Waals surface area contributed by atoms with E-state index in [1.54, 1.807) is 0 Å². The standard InChI is InChI=1S/C16H35N3/c1-6-8-17-13-16(4,5)14-18-9-11-19(12-10-18)15(3)7-2/h15,17H,6-14H2,1-5H3. The van der Waals surface area contributed by atoms with Crippen LogP contribution in [0.5, 0.6) is 0 Å². The van der Waals surface area contributed by atoms with Crippen LogP contribution in [0.4, 0.5) is 0 Å². The summed E-state index contributed by atoms with van der Waals surface area (Å²) in [7, 11) is 0. The van der Waals surface area contributed by atoms with Gasteiger partial charge < -0.3 is 10.2 Å². The van der Waals surface area contributed by atoms with Crippen molar-refractivity contribution in [3.05, 3.63) is 0 Å². The first-order chi connectivity index (χ1) is 8.98. The molecule has 0 aromatic rings. The molecule has 0 saturated carbocycles. The van der Waals surface area contributed by atoms with Crippen LogP contribution >= 0.6 is 0 Å². The number of piperazine rings is 1. The minimum atomic E-state index is 0.383. The van der Waals surface area contributed by atoms with Gasteiger partial charge in [0.25, 0.3) is 0 Å². The molecule has 1 N–H and O–H groups in total. The molecule has 1 unspecified atom stereocenters. The van der Waals surface area contributed by atoms with Crippen LogP contribution < -0.4 is 5.32 Å². The molecule has 1 atom stereocenters. The molecule has 0 aromatic carbocycles. The second kappa shape index (κ2) is 8.23. The Kier molecular flexibility index (Phi) is 7.33. The molecule has 3 heteroatoms. The van der Waals surface area contributed by atoms with E-state index in [9.17, 15) is 0 Å². The van der Waals surface area contributed by atoms with Gasteiger partial charge in [-0.2, -0.15) is 0 Å². The largest absolute Gasteiger partial charge is 0.316 e. The molecule has 19 heavy (non-hydrogen) atoms. The first-order valence-corrected chi connectivity index (χ1v) is 8.15. The average molecular weight is 269 g/mol. The molecule has 114 valence electrons. The quantitative estimate of drug-likeness (QED) is 0.683. The van der Waals surface area contributed by atoms with E-state index in [1.165, 1.54) is 45.6 Å². The average Bonchev–Trinajstić information content (AvgIpc) is 2.38. The number of rotatable bonds is 8. The highest BCUT2D eigenvalue weighted by Gasteiger charge is 2.25. The van der Waals surface area contributed by atoms with E-state index in [1.807, 2.05) is 0 Å². The Morgan fingerprint density at radius 1 is 1.11 bits per heavy atom. The molecule has 1 saturated heterocycles. The van der Waals surface area contributed by atoms with Crippen LogP contribution in [-0.4, -0.2) is 61.7 Å². The molecule has 0 radical (unpaired) electrons. The summed E-state index contributed by atoms with van der Waals surface area (Å²) in [5, 5.41) is 3.56. The molecule has 0 aromatic heterocycles. The predicted octanol–water partition coefficient (Wildman–Crippen LogP) is 2.43. The zero-order valence-corrected chi connectivity index (χ0v) is 13.8. The number of hydrogen-bond donors (Lipinski definition) is 1. The zero-order valence-electron chi connectivity index (χ0n) is 13.8. The molecule has 1 fully saturated rings. The lowest BCUT2D eigenvalue weighted by atomic mass is 9.92. The Morgan fingerprint density at radius 2 is 1.74 bits per heavy atom. The fourth-order valence-electron chi connectivity index (χ4n) is 2.89. The Hall–Kier alpha value is -0.120. The van der Waals surface area contributed by atoms with Crippen LogP contribution in [0.15, 0.2) is 0 Å². The van der Waals surface area contributed by atoms with Gasteiger partial charge in [-0.3, -0.25) is 4.90 Å². The van der Waals surface area contributed by atoms with E-state index >= 15 is 0 Å². The third-order valence-corrected chi connectivity index (χ3v) is 4.30. The molecule has 0 spiro atoms. The molecule has 1 aliphatic rings. The van der Waals surface area contributed by atoms with Gasteiger partial charge in [0.15, 0.2) is 0 Å². The molecule has 0 bridgehead atoms. The lowest BCUT2D eigenvalue weighted by Gasteiger charge is -2.41. The van der Waals surface area contributed by atoms with Crippen molar-refractivity contribution >= 4 is 0 Å². The molecule has 3 nitrogen and oxygen atoms in total. The maximum absolute atomic E-state index is 3.56. The summed E-state index contributed by atoms with van der Waals surface area (Å²) < 4.78 is 0. The van der Waals surface area contributed by atoms with Crippen molar-refractivity contribution in [2.45, 2.75) is 53.5 Å². The third kappa shape index (κ3) is 6.24. The summed E-state index contributed by atoms with van der Waals surface area (Å²) in [6.45, 7) is 20.1. The maximum Gasteiger partial charge on any atom is 0.0113 e. The van der Waals surface area contributed by atoms with Crippen LogP contribution in [-0.2, 0) is 0 Å². The van der Waals surface area contributed by atoms with E-state index in [0.717, 1.165) is 19.1 Å². The van der Waals surface area contributed by atoms with Crippen molar-refractivity contribution in [1.82, 2.24) is 15.1 Å². The topological polar surface area (TPSA) is 18.5 Å². The van der Waals surface area contributed by atoms with Gasteiger partial charge in [-0.15, -0.1) is 0 Å². The first kappa shape index (κ1) is 16.9. The van der Waals surface area contributed by atoms with Crippen molar-refractivity contribution < 1.29 is 0 Å². The molecular weight excluding hydrogens is 234 g/mol. The number of nitrogens with zero attached hydrogens (tertiary/aromatic N) is 2. The van der Waals surface area contributed by atoms with Crippen molar-refractivity contribution in [2.24, 2.45) is 5.41 Å². The Morgan fingerprint density at radius 3 is 2.26 bits per heavy atom. The van der Waals surface area contributed by atoms with E-state index in [2.05, 4.69) is 49.7 Å². The summed E-state index contributed by atoms with van der Waals surface area (Å²) in [6, 6.07) is 0.751. The lowest BCUT2D eigenvalue weighted by molar-refractivity contribution is 0.0748. The Labute approximate surface area is 120 Å². The summed E-state index contributed by atoms with van der Waals surface area (Å²) in [4.78, 5) is 5.28. The van der Waals surface area contributed by atoms with Crippen LogP contribution in [0.25, 0.3) is 0 Å². The molecule has 1 rings (SSSR count). The van der Waals surface area contributed by atoms with Crippen molar-refractivity contribution in [1.29, 1.82) is 0 Å². The van der Waals surface area contributed by atoms with E-state index in [0.29, 0.717) is 5.41 Å². The van der Waals surface area contributed by atoms with Crippen molar-refractivity contribution in [3.63, 3.8) is 0 Å². The van der Waals surface area contributed by atoms with Gasteiger partial charge in [-0.1, -0.05) is 27.7 Å². The van der Waals surface area contributed by atoms with Gasteiger partial charge in [-0.05, 0) is 31.7 Å². The van der Waals surface area contributed by atoms with E-state index in [4.69, 9.17) is 0 Å². The van der Waals surface area contributed by atoms with Gasteiger partial charge in [0.05, 0.1) is 0 Å². The monoisotopic (exact) mass is 269 g/mol. The van der Waals surface area contributed by atoms with Gasteiger partial charge in [0.1, 0.15) is 0 Å². The third-order valence-electron chi connectivity index (χ3n) is 4.30. The molecular formula is C16H35N3. The summed E-state index contributed by atoms with van der Waals surface area (Å²) in [6.07, 6.45) is 2.50. The van der Waals surface area contributed by atoms with Crippen LogP contribution in [0.3, 0.4) is 0 Å². The Bertz CT molecular complexity index is 232. The molecule has 1 heterocycles. The van der Waals surface area contributed by atoms with Gasteiger partial charge in [-0.25, -0.2) is 0 Å². The van der Waals surface area contributed by atoms with Crippen molar-refractivity contribution in [2.75, 3.05) is 45.8 Å².